The highest BCUT2D eigenvalue weighted by Crippen LogP contribution is 2.46. The first-order valence-corrected chi connectivity index (χ1v) is 16.1. The molecule has 0 aliphatic carbocycles. The predicted octanol–water partition coefficient (Wildman–Crippen LogP) is 7.88. The Kier molecular flexibility index (Phi) is 7.88. The van der Waals surface area contributed by atoms with Crippen molar-refractivity contribution in [2.75, 3.05) is 11.5 Å². The van der Waals surface area contributed by atoms with E-state index in [1.165, 1.54) is 16.2 Å². The fourth-order valence-corrected chi connectivity index (χ4v) is 7.15. The number of carbonyl (C=O) groups is 2. The summed E-state index contributed by atoms with van der Waals surface area (Å²) in [6.45, 7) is 4.52. The van der Waals surface area contributed by atoms with Gasteiger partial charge in [0.2, 0.25) is 0 Å². The lowest BCUT2D eigenvalue weighted by molar-refractivity contribution is -0.132. The molecule has 1 fully saturated rings. The fraction of sp³-hybridized carbons (Fsp3) is 0.194. The van der Waals surface area contributed by atoms with E-state index in [0.29, 0.717) is 57.9 Å². The summed E-state index contributed by atoms with van der Waals surface area (Å²) in [5.74, 6) is -0.194. The number of aromatic nitrogens is 1. The first-order chi connectivity index (χ1) is 22.3. The minimum absolute atomic E-state index is 0.00475. The largest absolute Gasteiger partial charge is 0.507 e. The molecule has 46 heavy (non-hydrogen) atoms. The number of rotatable bonds is 8. The Morgan fingerprint density at radius 3 is 2.65 bits per heavy atom. The predicted molar refractivity (Wildman–Crippen MR) is 178 cm³/mol. The molecule has 0 radical (unpaired) electrons. The lowest BCUT2D eigenvalue weighted by Gasteiger charge is -2.24. The van der Waals surface area contributed by atoms with Crippen molar-refractivity contribution in [3.8, 4) is 17.2 Å². The molecular formula is C36H29ClN2O6S. The van der Waals surface area contributed by atoms with E-state index in [-0.39, 0.29) is 17.4 Å². The number of nitrogens with zero attached hydrogens (tertiary/aromatic N) is 2. The fourth-order valence-electron chi connectivity index (χ4n) is 5.88. The normalized spacial score (nSPS) is 18.5. The zero-order valence-corrected chi connectivity index (χ0v) is 26.6. The number of Topliss-reactive ketones (excluding diaryl/α,β-unsaturated/α-hetero) is 1. The minimum Gasteiger partial charge on any atom is -0.507 e. The highest BCUT2D eigenvalue weighted by Gasteiger charge is 2.48. The zero-order chi connectivity index (χ0) is 31.9. The molecule has 232 valence electrons. The Balaban J connectivity index is 1.36. The molecule has 0 bridgehead atoms. The van der Waals surface area contributed by atoms with E-state index in [2.05, 4.69) is 0 Å². The third kappa shape index (κ3) is 5.46. The molecule has 2 aliphatic heterocycles. The van der Waals surface area contributed by atoms with Gasteiger partial charge in [-0.3, -0.25) is 14.5 Å². The van der Waals surface area contributed by atoms with Crippen LogP contribution in [0.25, 0.3) is 16.0 Å². The van der Waals surface area contributed by atoms with E-state index >= 15 is 0 Å². The first-order valence-electron chi connectivity index (χ1n) is 14.9. The third-order valence-electron chi connectivity index (χ3n) is 7.98. The smallest absolute Gasteiger partial charge is 0.301 e. The number of thiazole rings is 1. The number of aliphatic hydroxyl groups excluding tert-OH is 1. The quantitative estimate of drug-likeness (QED) is 0.103. The Labute approximate surface area is 274 Å². The lowest BCUT2D eigenvalue weighted by Crippen LogP contribution is -2.29. The summed E-state index contributed by atoms with van der Waals surface area (Å²) in [6, 6.07) is 24.6. The van der Waals surface area contributed by atoms with Gasteiger partial charge < -0.3 is 19.3 Å². The molecule has 1 aromatic heterocycles. The molecule has 1 N–H and O–H groups in total. The van der Waals surface area contributed by atoms with Crippen LogP contribution in [-0.4, -0.2) is 34.5 Å². The van der Waals surface area contributed by atoms with Crippen LogP contribution in [-0.2, 0) is 22.6 Å². The van der Waals surface area contributed by atoms with E-state index in [9.17, 15) is 14.7 Å². The molecule has 10 heteroatoms. The van der Waals surface area contributed by atoms with E-state index in [1.807, 2.05) is 50.2 Å². The Hall–Kier alpha value is -4.86. The standard InChI is InChI=1S/C36H29ClN2O6S/c1-3-43-29-17-22(9-14-28(29)44-19-21-7-5-4-6-8-21)32-31(33(40)23-10-13-27-24(16-23)15-20(2)45-27)34(41)35(42)39(32)36-38-26-12-11-25(37)18-30(26)46-36/h4-14,16-18,20,32,40H,3,15,19H2,1-2H3/b33-31+/t20-,32-/m0/s1. The molecule has 4 aromatic carbocycles. The molecule has 0 spiro atoms. The molecule has 1 saturated heterocycles. The third-order valence-corrected chi connectivity index (χ3v) is 9.23. The second kappa shape index (κ2) is 12.2. The SMILES string of the molecule is CCOc1cc([C@H]2/C(=C(\O)c3ccc4c(c3)C[C@H](C)O4)C(=O)C(=O)N2c2nc3ccc(Cl)cc3s2)ccc1OCc1ccccc1. The maximum absolute atomic E-state index is 13.8. The summed E-state index contributed by atoms with van der Waals surface area (Å²) in [7, 11) is 0. The summed E-state index contributed by atoms with van der Waals surface area (Å²) in [4.78, 5) is 33.7. The summed E-state index contributed by atoms with van der Waals surface area (Å²) in [5, 5.41) is 12.6. The number of carbonyl (C=O) groups excluding carboxylic acids is 2. The van der Waals surface area contributed by atoms with E-state index in [0.717, 1.165) is 21.6 Å². The minimum atomic E-state index is -0.998. The van der Waals surface area contributed by atoms with Gasteiger partial charge in [0.25, 0.3) is 5.78 Å². The second-order valence-corrected chi connectivity index (χ2v) is 12.6. The molecule has 2 aliphatic rings. The number of anilines is 1. The summed E-state index contributed by atoms with van der Waals surface area (Å²) >= 11 is 7.48. The van der Waals surface area contributed by atoms with Crippen LogP contribution in [0.5, 0.6) is 17.2 Å². The van der Waals surface area contributed by atoms with Gasteiger partial charge >= 0.3 is 5.91 Å². The van der Waals surface area contributed by atoms with Gasteiger partial charge in [-0.2, -0.15) is 0 Å². The number of hydrogen-bond acceptors (Lipinski definition) is 8. The molecule has 5 aromatic rings. The number of aliphatic hydroxyl groups is 1. The van der Waals surface area contributed by atoms with E-state index < -0.39 is 17.7 Å². The monoisotopic (exact) mass is 652 g/mol. The second-order valence-electron chi connectivity index (χ2n) is 11.1. The molecule has 3 heterocycles. The summed E-state index contributed by atoms with van der Waals surface area (Å²) in [5.41, 5.74) is 3.47. The van der Waals surface area contributed by atoms with Crippen LogP contribution in [0.1, 0.15) is 42.1 Å². The molecule has 8 nitrogen and oxygen atoms in total. The maximum Gasteiger partial charge on any atom is 0.301 e. The van der Waals surface area contributed by atoms with Gasteiger partial charge in [-0.25, -0.2) is 4.98 Å². The number of amides is 1. The average Bonchev–Trinajstić information content (AvgIpc) is 3.72. The average molecular weight is 653 g/mol. The molecule has 2 atom stereocenters. The lowest BCUT2D eigenvalue weighted by atomic mass is 9.94. The van der Waals surface area contributed by atoms with Crippen LogP contribution in [0.2, 0.25) is 5.02 Å². The van der Waals surface area contributed by atoms with Crippen LogP contribution in [0.3, 0.4) is 0 Å². The molecule has 0 unspecified atom stereocenters. The maximum atomic E-state index is 13.8. The summed E-state index contributed by atoms with van der Waals surface area (Å²) in [6.07, 6.45) is 0.676. The van der Waals surface area contributed by atoms with Crippen molar-refractivity contribution >= 4 is 55.7 Å². The van der Waals surface area contributed by atoms with Gasteiger partial charge in [0.1, 0.15) is 24.2 Å². The van der Waals surface area contributed by atoms with Crippen molar-refractivity contribution in [2.24, 2.45) is 0 Å². The number of hydrogen-bond donors (Lipinski definition) is 1. The van der Waals surface area contributed by atoms with Crippen LogP contribution in [0.4, 0.5) is 5.13 Å². The van der Waals surface area contributed by atoms with E-state index in [4.69, 9.17) is 30.8 Å². The van der Waals surface area contributed by atoms with Crippen molar-refractivity contribution in [1.82, 2.24) is 4.98 Å². The number of ketones is 1. The Morgan fingerprint density at radius 2 is 1.85 bits per heavy atom. The van der Waals surface area contributed by atoms with Crippen LogP contribution < -0.4 is 19.1 Å². The molecule has 7 rings (SSSR count). The molecule has 1 amide bonds. The summed E-state index contributed by atoms with van der Waals surface area (Å²) < 4.78 is 18.7. The number of ether oxygens (including phenoxy) is 3. The Morgan fingerprint density at radius 1 is 1.02 bits per heavy atom. The Bertz CT molecular complexity index is 2020. The van der Waals surface area contributed by atoms with Crippen LogP contribution in [0, 0.1) is 0 Å². The van der Waals surface area contributed by atoms with Crippen molar-refractivity contribution < 1.29 is 28.9 Å². The van der Waals surface area contributed by atoms with Crippen LogP contribution >= 0.6 is 22.9 Å². The highest BCUT2D eigenvalue weighted by atomic mass is 35.5. The number of benzene rings is 4. The first kappa shape index (κ1) is 29.8. The zero-order valence-electron chi connectivity index (χ0n) is 25.0. The molecular weight excluding hydrogens is 624 g/mol. The van der Waals surface area contributed by atoms with Gasteiger partial charge in [0.05, 0.1) is 28.4 Å². The van der Waals surface area contributed by atoms with Crippen molar-refractivity contribution in [2.45, 2.75) is 39.0 Å². The van der Waals surface area contributed by atoms with Gasteiger partial charge in [-0.15, -0.1) is 0 Å². The topological polar surface area (TPSA) is 98.2 Å². The molecule has 0 saturated carbocycles. The van der Waals surface area contributed by atoms with Gasteiger partial charge in [0, 0.05) is 17.0 Å². The van der Waals surface area contributed by atoms with Crippen LogP contribution in [0.15, 0.2) is 90.5 Å². The van der Waals surface area contributed by atoms with Gasteiger partial charge in [0.15, 0.2) is 16.6 Å². The number of halogens is 1. The highest BCUT2D eigenvalue weighted by molar-refractivity contribution is 7.22. The van der Waals surface area contributed by atoms with Crippen molar-refractivity contribution in [1.29, 1.82) is 0 Å². The van der Waals surface area contributed by atoms with Crippen molar-refractivity contribution in [3.05, 3.63) is 118 Å². The van der Waals surface area contributed by atoms with Crippen molar-refractivity contribution in [3.63, 3.8) is 0 Å². The van der Waals surface area contributed by atoms with E-state index in [1.54, 1.807) is 48.5 Å². The van der Waals surface area contributed by atoms with Gasteiger partial charge in [-0.05, 0) is 79.1 Å². The number of fused-ring (bicyclic) bond motifs is 2. The van der Waals surface area contributed by atoms with Gasteiger partial charge in [-0.1, -0.05) is 59.3 Å².